The third kappa shape index (κ3) is 3.03. The number of hydrogen-bond acceptors (Lipinski definition) is 2. The molecule has 2 atom stereocenters. The first kappa shape index (κ1) is 14.4. The van der Waals surface area contributed by atoms with Crippen LogP contribution in [0.2, 0.25) is 5.02 Å². The predicted molar refractivity (Wildman–Crippen MR) is 82.9 cm³/mol. The Balaban J connectivity index is 1.71. The van der Waals surface area contributed by atoms with Crippen LogP contribution in [0.5, 0.6) is 0 Å². The molecular formula is C17H24ClNO. The number of ether oxygens (including phenoxy) is 1. The van der Waals surface area contributed by atoms with Gasteiger partial charge in [-0.05, 0) is 49.3 Å². The van der Waals surface area contributed by atoms with Gasteiger partial charge in [0.15, 0.2) is 0 Å². The molecule has 2 N–H and O–H groups in total. The lowest BCUT2D eigenvalue weighted by Crippen LogP contribution is -2.44. The standard InChI is InChI=1S/C17H24ClNO/c18-15-6-4-13(5-7-15)16(19)14-8-11-20-17(12-14)9-2-1-3-10-17/h4-7,14,16H,1-3,8-12,19H2. The van der Waals surface area contributed by atoms with Crippen molar-refractivity contribution in [1.29, 1.82) is 0 Å². The zero-order chi connectivity index (χ0) is 14.0. The Labute approximate surface area is 126 Å². The van der Waals surface area contributed by atoms with Gasteiger partial charge in [-0.3, -0.25) is 0 Å². The summed E-state index contributed by atoms with van der Waals surface area (Å²) >= 11 is 5.96. The summed E-state index contributed by atoms with van der Waals surface area (Å²) in [5, 5.41) is 0.775. The number of benzene rings is 1. The molecule has 0 bridgehead atoms. The fourth-order valence-electron chi connectivity index (χ4n) is 3.87. The van der Waals surface area contributed by atoms with Crippen molar-refractivity contribution >= 4 is 11.6 Å². The maximum Gasteiger partial charge on any atom is 0.0685 e. The van der Waals surface area contributed by atoms with E-state index in [0.717, 1.165) is 24.5 Å². The predicted octanol–water partition coefficient (Wildman–Crippen LogP) is 4.47. The van der Waals surface area contributed by atoms with Gasteiger partial charge in [0.25, 0.3) is 0 Å². The third-order valence-corrected chi connectivity index (χ3v) is 5.31. The summed E-state index contributed by atoms with van der Waals surface area (Å²) in [4.78, 5) is 0. The minimum atomic E-state index is 0.106. The molecule has 110 valence electrons. The van der Waals surface area contributed by atoms with E-state index in [1.54, 1.807) is 0 Å². The molecule has 1 aliphatic heterocycles. The van der Waals surface area contributed by atoms with Crippen molar-refractivity contribution in [3.63, 3.8) is 0 Å². The van der Waals surface area contributed by atoms with Crippen LogP contribution in [0.15, 0.2) is 24.3 Å². The molecule has 1 heterocycles. The molecular weight excluding hydrogens is 270 g/mol. The zero-order valence-electron chi connectivity index (χ0n) is 12.0. The minimum absolute atomic E-state index is 0.106. The highest BCUT2D eigenvalue weighted by Crippen LogP contribution is 2.43. The zero-order valence-corrected chi connectivity index (χ0v) is 12.7. The maximum atomic E-state index is 6.51. The number of rotatable bonds is 2. The Morgan fingerprint density at radius 3 is 2.55 bits per heavy atom. The van der Waals surface area contributed by atoms with Crippen molar-refractivity contribution in [3.05, 3.63) is 34.9 Å². The van der Waals surface area contributed by atoms with Crippen LogP contribution in [-0.4, -0.2) is 12.2 Å². The summed E-state index contributed by atoms with van der Waals surface area (Å²) in [6.45, 7) is 0.867. The van der Waals surface area contributed by atoms with Crippen LogP contribution in [0, 0.1) is 5.92 Å². The SMILES string of the molecule is NC(c1ccc(Cl)cc1)C1CCOC2(CCCCC2)C1. The topological polar surface area (TPSA) is 35.2 Å². The molecule has 1 aliphatic carbocycles. The van der Waals surface area contributed by atoms with Gasteiger partial charge in [-0.15, -0.1) is 0 Å². The summed E-state index contributed by atoms with van der Waals surface area (Å²) in [6.07, 6.45) is 8.61. The molecule has 1 aromatic carbocycles. The highest BCUT2D eigenvalue weighted by Gasteiger charge is 2.40. The van der Waals surface area contributed by atoms with E-state index >= 15 is 0 Å². The van der Waals surface area contributed by atoms with Crippen LogP contribution >= 0.6 is 11.6 Å². The molecule has 1 saturated heterocycles. The molecule has 2 unspecified atom stereocenters. The van der Waals surface area contributed by atoms with Crippen molar-refractivity contribution in [2.75, 3.05) is 6.61 Å². The first-order chi connectivity index (χ1) is 9.69. The second-order valence-corrected chi connectivity index (χ2v) is 6.86. The van der Waals surface area contributed by atoms with Crippen molar-refractivity contribution in [3.8, 4) is 0 Å². The molecule has 1 spiro atoms. The molecule has 0 aromatic heterocycles. The normalized spacial score (nSPS) is 27.4. The lowest BCUT2D eigenvalue weighted by Gasteiger charge is -2.45. The molecule has 2 aliphatic rings. The average molecular weight is 294 g/mol. The highest BCUT2D eigenvalue weighted by atomic mass is 35.5. The summed E-state index contributed by atoms with van der Waals surface area (Å²) in [5.41, 5.74) is 7.84. The molecule has 0 amide bonds. The maximum absolute atomic E-state index is 6.51. The molecule has 2 nitrogen and oxygen atoms in total. The van der Waals surface area contributed by atoms with E-state index in [0.29, 0.717) is 5.92 Å². The van der Waals surface area contributed by atoms with E-state index in [-0.39, 0.29) is 11.6 Å². The third-order valence-electron chi connectivity index (χ3n) is 5.06. The van der Waals surface area contributed by atoms with E-state index < -0.39 is 0 Å². The van der Waals surface area contributed by atoms with E-state index in [1.165, 1.54) is 37.7 Å². The fraction of sp³-hybridized carbons (Fsp3) is 0.647. The summed E-state index contributed by atoms with van der Waals surface area (Å²) in [6, 6.07) is 8.11. The van der Waals surface area contributed by atoms with Crippen molar-refractivity contribution in [1.82, 2.24) is 0 Å². The Hall–Kier alpha value is -0.570. The molecule has 0 radical (unpaired) electrons. The van der Waals surface area contributed by atoms with Crippen LogP contribution in [-0.2, 0) is 4.74 Å². The van der Waals surface area contributed by atoms with Gasteiger partial charge in [-0.1, -0.05) is 43.0 Å². The molecule has 2 fully saturated rings. The first-order valence-electron chi connectivity index (χ1n) is 7.84. The van der Waals surface area contributed by atoms with Crippen LogP contribution in [0.25, 0.3) is 0 Å². The fourth-order valence-corrected chi connectivity index (χ4v) is 4.00. The van der Waals surface area contributed by atoms with Gasteiger partial charge in [-0.25, -0.2) is 0 Å². The van der Waals surface area contributed by atoms with E-state index in [2.05, 4.69) is 12.1 Å². The molecule has 1 aromatic rings. The Morgan fingerprint density at radius 2 is 1.85 bits per heavy atom. The number of hydrogen-bond donors (Lipinski definition) is 1. The Kier molecular flexibility index (Phi) is 4.34. The molecule has 3 heteroatoms. The summed E-state index contributed by atoms with van der Waals surface area (Å²) in [5.74, 6) is 0.531. The largest absolute Gasteiger partial charge is 0.375 e. The highest BCUT2D eigenvalue weighted by molar-refractivity contribution is 6.30. The molecule has 20 heavy (non-hydrogen) atoms. The van der Waals surface area contributed by atoms with Crippen molar-refractivity contribution in [2.45, 2.75) is 56.6 Å². The molecule has 1 saturated carbocycles. The van der Waals surface area contributed by atoms with Gasteiger partial charge in [0.2, 0.25) is 0 Å². The van der Waals surface area contributed by atoms with Crippen LogP contribution in [0.4, 0.5) is 0 Å². The first-order valence-corrected chi connectivity index (χ1v) is 8.21. The van der Waals surface area contributed by atoms with Crippen LogP contribution in [0.1, 0.15) is 56.6 Å². The lowest BCUT2D eigenvalue weighted by atomic mass is 9.73. The van der Waals surface area contributed by atoms with Crippen LogP contribution < -0.4 is 5.73 Å². The Morgan fingerprint density at radius 1 is 1.15 bits per heavy atom. The van der Waals surface area contributed by atoms with Gasteiger partial charge in [0.1, 0.15) is 0 Å². The number of halogens is 1. The Bertz CT molecular complexity index is 433. The van der Waals surface area contributed by atoms with Gasteiger partial charge in [0.05, 0.1) is 5.60 Å². The van der Waals surface area contributed by atoms with Gasteiger partial charge >= 0.3 is 0 Å². The quantitative estimate of drug-likeness (QED) is 0.873. The second kappa shape index (κ2) is 6.05. The summed E-state index contributed by atoms with van der Waals surface area (Å²) in [7, 11) is 0. The monoisotopic (exact) mass is 293 g/mol. The smallest absolute Gasteiger partial charge is 0.0685 e. The average Bonchev–Trinajstić information content (AvgIpc) is 2.48. The molecule has 3 rings (SSSR count). The van der Waals surface area contributed by atoms with Crippen LogP contribution in [0.3, 0.4) is 0 Å². The summed E-state index contributed by atoms with van der Waals surface area (Å²) < 4.78 is 6.17. The van der Waals surface area contributed by atoms with Crippen molar-refractivity contribution < 1.29 is 4.74 Å². The van der Waals surface area contributed by atoms with E-state index in [9.17, 15) is 0 Å². The second-order valence-electron chi connectivity index (χ2n) is 6.42. The van der Waals surface area contributed by atoms with Crippen molar-refractivity contribution in [2.24, 2.45) is 11.7 Å². The van der Waals surface area contributed by atoms with Gasteiger partial charge in [0, 0.05) is 17.7 Å². The van der Waals surface area contributed by atoms with E-state index in [4.69, 9.17) is 22.1 Å². The van der Waals surface area contributed by atoms with Gasteiger partial charge < -0.3 is 10.5 Å². The lowest BCUT2D eigenvalue weighted by molar-refractivity contribution is -0.120. The van der Waals surface area contributed by atoms with Gasteiger partial charge in [-0.2, -0.15) is 0 Å². The minimum Gasteiger partial charge on any atom is -0.375 e. The van der Waals surface area contributed by atoms with E-state index in [1.807, 2.05) is 12.1 Å². The number of nitrogens with two attached hydrogens (primary N) is 1.